The lowest BCUT2D eigenvalue weighted by Crippen LogP contribution is -2.14. The van der Waals surface area contributed by atoms with Gasteiger partial charge in [-0.15, -0.1) is 0 Å². The van der Waals surface area contributed by atoms with E-state index in [4.69, 9.17) is 9.84 Å². The first kappa shape index (κ1) is 17.7. The van der Waals surface area contributed by atoms with Crippen LogP contribution in [0.3, 0.4) is 0 Å². The molecule has 0 saturated heterocycles. The van der Waals surface area contributed by atoms with Crippen LogP contribution < -0.4 is 0 Å². The minimum atomic E-state index is -3.35. The monoisotopic (exact) mass is 314 g/mol. The molecule has 0 aliphatic rings. The van der Waals surface area contributed by atoms with E-state index in [1.807, 2.05) is 13.8 Å². The molecule has 0 bridgehead atoms. The van der Waals surface area contributed by atoms with Crippen LogP contribution in [-0.2, 0) is 25.8 Å². The number of ether oxygens (including phenoxy) is 1. The summed E-state index contributed by atoms with van der Waals surface area (Å²) in [6.07, 6.45) is 0.433. The van der Waals surface area contributed by atoms with Crippen LogP contribution in [0.2, 0.25) is 0 Å². The number of aryl methyl sites for hydroxylation is 1. The molecule has 0 spiro atoms. The predicted octanol–water partition coefficient (Wildman–Crippen LogP) is 2.15. The van der Waals surface area contributed by atoms with Crippen LogP contribution in [0, 0.1) is 5.92 Å². The summed E-state index contributed by atoms with van der Waals surface area (Å²) in [5.41, 5.74) is 0.812. The third-order valence-corrected chi connectivity index (χ3v) is 4.55. The number of hydrogen-bond donors (Lipinski definition) is 1. The van der Waals surface area contributed by atoms with Crippen molar-refractivity contribution >= 4 is 15.8 Å². The SMILES string of the molecule is CC(C)COCCS(=O)(=O)c1ccc(CCC(=O)O)cc1. The Balaban J connectivity index is 2.56. The number of aliphatic carboxylic acids is 1. The van der Waals surface area contributed by atoms with Crippen molar-refractivity contribution in [3.8, 4) is 0 Å². The van der Waals surface area contributed by atoms with Gasteiger partial charge in [0.15, 0.2) is 9.84 Å². The molecule has 0 heterocycles. The van der Waals surface area contributed by atoms with Gasteiger partial charge in [-0.05, 0) is 30.0 Å². The van der Waals surface area contributed by atoms with Crippen LogP contribution in [0.25, 0.3) is 0 Å². The summed E-state index contributed by atoms with van der Waals surface area (Å²) in [7, 11) is -3.35. The molecular weight excluding hydrogens is 292 g/mol. The highest BCUT2D eigenvalue weighted by Gasteiger charge is 2.14. The molecule has 0 aliphatic heterocycles. The molecule has 118 valence electrons. The molecule has 0 amide bonds. The zero-order valence-electron chi connectivity index (χ0n) is 12.4. The average molecular weight is 314 g/mol. The highest BCUT2D eigenvalue weighted by atomic mass is 32.2. The van der Waals surface area contributed by atoms with E-state index in [2.05, 4.69) is 0 Å². The van der Waals surface area contributed by atoms with Crippen LogP contribution in [0.4, 0.5) is 0 Å². The molecule has 5 nitrogen and oxygen atoms in total. The Labute approximate surface area is 125 Å². The first-order valence-electron chi connectivity index (χ1n) is 6.92. The molecular formula is C15H22O5S. The molecule has 21 heavy (non-hydrogen) atoms. The minimum absolute atomic E-state index is 0.0368. The highest BCUT2D eigenvalue weighted by molar-refractivity contribution is 7.91. The van der Waals surface area contributed by atoms with Crippen LogP contribution in [0.5, 0.6) is 0 Å². The zero-order chi connectivity index (χ0) is 15.9. The summed E-state index contributed by atoms with van der Waals surface area (Å²) in [6.45, 7) is 4.74. The van der Waals surface area contributed by atoms with Crippen molar-refractivity contribution in [1.82, 2.24) is 0 Å². The van der Waals surface area contributed by atoms with Crippen molar-refractivity contribution < 1.29 is 23.1 Å². The predicted molar refractivity (Wildman–Crippen MR) is 80.1 cm³/mol. The van der Waals surface area contributed by atoms with E-state index in [-0.39, 0.29) is 23.7 Å². The Kier molecular flexibility index (Phi) is 6.84. The molecule has 0 saturated carbocycles. The number of carboxylic acid groups (broad SMARTS) is 1. The van der Waals surface area contributed by atoms with E-state index in [9.17, 15) is 13.2 Å². The second-order valence-electron chi connectivity index (χ2n) is 5.33. The minimum Gasteiger partial charge on any atom is -0.481 e. The summed E-state index contributed by atoms with van der Waals surface area (Å²) in [5, 5.41) is 8.61. The smallest absolute Gasteiger partial charge is 0.303 e. The van der Waals surface area contributed by atoms with Gasteiger partial charge in [-0.2, -0.15) is 0 Å². The van der Waals surface area contributed by atoms with E-state index in [1.54, 1.807) is 12.1 Å². The normalized spacial score (nSPS) is 11.8. The molecule has 6 heteroatoms. The van der Waals surface area contributed by atoms with Crippen LogP contribution >= 0.6 is 0 Å². The van der Waals surface area contributed by atoms with E-state index < -0.39 is 15.8 Å². The summed E-state index contributed by atoms with van der Waals surface area (Å²) >= 11 is 0. The molecule has 1 aromatic rings. The fraction of sp³-hybridized carbons (Fsp3) is 0.533. The lowest BCUT2D eigenvalue weighted by atomic mass is 10.1. The molecule has 1 rings (SSSR count). The van der Waals surface area contributed by atoms with Gasteiger partial charge in [-0.3, -0.25) is 4.79 Å². The Morgan fingerprint density at radius 2 is 1.86 bits per heavy atom. The lowest BCUT2D eigenvalue weighted by molar-refractivity contribution is -0.136. The van der Waals surface area contributed by atoms with Crippen molar-refractivity contribution in [2.75, 3.05) is 19.0 Å². The van der Waals surface area contributed by atoms with Gasteiger partial charge in [0.05, 0.1) is 17.3 Å². The van der Waals surface area contributed by atoms with E-state index in [0.29, 0.717) is 18.9 Å². The van der Waals surface area contributed by atoms with Crippen molar-refractivity contribution in [2.45, 2.75) is 31.6 Å². The molecule has 0 atom stereocenters. The summed E-state index contributed by atoms with van der Waals surface area (Å²) in [4.78, 5) is 10.7. The second-order valence-corrected chi connectivity index (χ2v) is 7.43. The second kappa shape index (κ2) is 8.14. The molecule has 0 unspecified atom stereocenters. The number of carboxylic acids is 1. The molecule has 1 N–H and O–H groups in total. The third kappa shape index (κ3) is 6.73. The Bertz CT molecular complexity index is 546. The maximum Gasteiger partial charge on any atom is 0.303 e. The van der Waals surface area contributed by atoms with Crippen molar-refractivity contribution in [2.24, 2.45) is 5.92 Å². The van der Waals surface area contributed by atoms with Gasteiger partial charge in [-0.1, -0.05) is 26.0 Å². The molecule has 0 aromatic heterocycles. The number of benzene rings is 1. The standard InChI is InChI=1S/C15H22O5S/c1-12(2)11-20-9-10-21(18,19)14-6-3-13(4-7-14)5-8-15(16)17/h3-4,6-7,12H,5,8-11H2,1-2H3,(H,16,17). The van der Waals surface area contributed by atoms with Gasteiger partial charge >= 0.3 is 5.97 Å². The van der Waals surface area contributed by atoms with Gasteiger partial charge < -0.3 is 9.84 Å². The number of hydrogen-bond acceptors (Lipinski definition) is 4. The van der Waals surface area contributed by atoms with Gasteiger partial charge in [0, 0.05) is 13.0 Å². The Morgan fingerprint density at radius 3 is 2.38 bits per heavy atom. The molecule has 0 aliphatic carbocycles. The molecule has 0 radical (unpaired) electrons. The van der Waals surface area contributed by atoms with Crippen LogP contribution in [-0.4, -0.2) is 38.5 Å². The number of rotatable bonds is 9. The number of sulfone groups is 1. The number of carbonyl (C=O) groups is 1. The van der Waals surface area contributed by atoms with Gasteiger partial charge in [0.2, 0.25) is 0 Å². The van der Waals surface area contributed by atoms with Crippen LogP contribution in [0.15, 0.2) is 29.2 Å². The maximum atomic E-state index is 12.1. The first-order valence-corrected chi connectivity index (χ1v) is 8.57. The summed E-state index contributed by atoms with van der Waals surface area (Å²) < 4.78 is 29.5. The van der Waals surface area contributed by atoms with Crippen molar-refractivity contribution in [3.63, 3.8) is 0 Å². The fourth-order valence-electron chi connectivity index (χ4n) is 1.72. The Morgan fingerprint density at radius 1 is 1.24 bits per heavy atom. The van der Waals surface area contributed by atoms with E-state index in [1.165, 1.54) is 12.1 Å². The average Bonchev–Trinajstić information content (AvgIpc) is 2.41. The molecule has 1 aromatic carbocycles. The summed E-state index contributed by atoms with van der Waals surface area (Å²) in [6, 6.07) is 6.36. The van der Waals surface area contributed by atoms with Crippen molar-refractivity contribution in [3.05, 3.63) is 29.8 Å². The van der Waals surface area contributed by atoms with Gasteiger partial charge in [-0.25, -0.2) is 8.42 Å². The topological polar surface area (TPSA) is 80.7 Å². The Hall–Kier alpha value is -1.40. The first-order chi connectivity index (χ1) is 9.81. The summed E-state index contributed by atoms with van der Waals surface area (Å²) in [5.74, 6) is -0.538. The lowest BCUT2D eigenvalue weighted by Gasteiger charge is -2.08. The van der Waals surface area contributed by atoms with Crippen LogP contribution in [0.1, 0.15) is 25.8 Å². The van der Waals surface area contributed by atoms with E-state index >= 15 is 0 Å². The van der Waals surface area contributed by atoms with E-state index in [0.717, 1.165) is 5.56 Å². The maximum absolute atomic E-state index is 12.1. The highest BCUT2D eigenvalue weighted by Crippen LogP contribution is 2.13. The van der Waals surface area contributed by atoms with Crippen molar-refractivity contribution in [1.29, 1.82) is 0 Å². The molecule has 0 fully saturated rings. The largest absolute Gasteiger partial charge is 0.481 e. The quantitative estimate of drug-likeness (QED) is 0.706. The van der Waals surface area contributed by atoms with Gasteiger partial charge in [0.25, 0.3) is 0 Å². The zero-order valence-corrected chi connectivity index (χ0v) is 13.2. The fourth-order valence-corrected chi connectivity index (χ4v) is 2.84. The third-order valence-electron chi connectivity index (χ3n) is 2.86. The van der Waals surface area contributed by atoms with Gasteiger partial charge in [0.1, 0.15) is 0 Å².